The molecular weight excluding hydrogens is 266 g/mol. The first-order chi connectivity index (χ1) is 9.00. The molecule has 1 aromatic carbocycles. The second kappa shape index (κ2) is 5.52. The minimum atomic E-state index is -1.01. The van der Waals surface area contributed by atoms with Crippen molar-refractivity contribution in [1.82, 2.24) is 4.90 Å². The predicted molar refractivity (Wildman–Crippen MR) is 72.6 cm³/mol. The number of aromatic hydroxyl groups is 1. The van der Waals surface area contributed by atoms with Crippen LogP contribution in [0.1, 0.15) is 15.9 Å². The molecule has 1 saturated heterocycles. The highest BCUT2D eigenvalue weighted by Crippen LogP contribution is 2.24. The molecule has 6 heteroatoms. The quantitative estimate of drug-likeness (QED) is 0.855. The molecule has 1 aromatic rings. The Kier molecular flexibility index (Phi) is 3.99. The summed E-state index contributed by atoms with van der Waals surface area (Å²) in [6.45, 7) is 2.19. The van der Waals surface area contributed by atoms with Crippen LogP contribution in [0.2, 0.25) is 0 Å². The zero-order valence-electron chi connectivity index (χ0n) is 10.5. The third-order valence-electron chi connectivity index (χ3n) is 3.06. The van der Waals surface area contributed by atoms with Crippen molar-refractivity contribution < 1.29 is 19.8 Å². The fraction of sp³-hybridized carbons (Fsp3) is 0.385. The second-order valence-corrected chi connectivity index (χ2v) is 5.60. The van der Waals surface area contributed by atoms with Crippen LogP contribution in [-0.4, -0.2) is 51.1 Å². The minimum Gasteiger partial charge on any atom is -0.507 e. The summed E-state index contributed by atoms with van der Waals surface area (Å²) in [5, 5.41) is 19.0. The maximum Gasteiger partial charge on any atom is 0.327 e. The molecule has 1 atom stereocenters. The Hall–Kier alpha value is -1.69. The fourth-order valence-electron chi connectivity index (χ4n) is 2.03. The number of carbonyl (C=O) groups is 2. The summed E-state index contributed by atoms with van der Waals surface area (Å²) in [4.78, 5) is 24.8. The molecule has 1 aliphatic rings. The van der Waals surface area contributed by atoms with Gasteiger partial charge in [-0.3, -0.25) is 4.79 Å². The monoisotopic (exact) mass is 281 g/mol. The third-order valence-corrected chi connectivity index (χ3v) is 4.08. The largest absolute Gasteiger partial charge is 0.507 e. The van der Waals surface area contributed by atoms with Gasteiger partial charge in [-0.2, -0.15) is 11.8 Å². The van der Waals surface area contributed by atoms with Gasteiger partial charge in [-0.25, -0.2) is 4.79 Å². The molecule has 1 heterocycles. The van der Waals surface area contributed by atoms with Gasteiger partial charge in [0, 0.05) is 18.1 Å². The van der Waals surface area contributed by atoms with Crippen LogP contribution in [0.15, 0.2) is 18.2 Å². The number of nitrogens with zero attached hydrogens (tertiary/aromatic N) is 1. The maximum atomic E-state index is 12.3. The predicted octanol–water partition coefficient (Wildman–Crippen LogP) is 1.34. The van der Waals surface area contributed by atoms with Crippen LogP contribution < -0.4 is 0 Å². The van der Waals surface area contributed by atoms with E-state index in [2.05, 4.69) is 0 Å². The van der Waals surface area contributed by atoms with Crippen molar-refractivity contribution in [2.24, 2.45) is 0 Å². The number of aryl methyl sites for hydroxylation is 1. The van der Waals surface area contributed by atoms with E-state index in [1.54, 1.807) is 6.07 Å². The Labute approximate surface area is 115 Å². The highest BCUT2D eigenvalue weighted by molar-refractivity contribution is 7.99. The molecule has 5 nitrogen and oxygen atoms in total. The lowest BCUT2D eigenvalue weighted by Crippen LogP contribution is -2.50. The molecule has 1 aliphatic heterocycles. The number of carboxylic acid groups (broad SMARTS) is 1. The molecule has 1 amide bonds. The molecule has 0 aliphatic carbocycles. The molecule has 0 saturated carbocycles. The van der Waals surface area contributed by atoms with E-state index in [1.807, 2.05) is 6.92 Å². The van der Waals surface area contributed by atoms with E-state index >= 15 is 0 Å². The van der Waals surface area contributed by atoms with Gasteiger partial charge in [0.2, 0.25) is 0 Å². The highest BCUT2D eigenvalue weighted by Gasteiger charge is 2.33. The Balaban J connectivity index is 2.28. The number of carboxylic acids is 1. The third kappa shape index (κ3) is 2.84. The number of thioether (sulfide) groups is 1. The van der Waals surface area contributed by atoms with E-state index < -0.39 is 17.9 Å². The van der Waals surface area contributed by atoms with Gasteiger partial charge in [0.1, 0.15) is 11.8 Å². The number of benzene rings is 1. The number of rotatable bonds is 2. The van der Waals surface area contributed by atoms with Crippen molar-refractivity contribution in [2.45, 2.75) is 13.0 Å². The van der Waals surface area contributed by atoms with Crippen molar-refractivity contribution in [3.8, 4) is 5.75 Å². The lowest BCUT2D eigenvalue weighted by atomic mass is 10.1. The highest BCUT2D eigenvalue weighted by atomic mass is 32.2. The van der Waals surface area contributed by atoms with E-state index in [9.17, 15) is 14.7 Å². The molecular formula is C13H15NO4S. The normalized spacial score (nSPS) is 19.2. The minimum absolute atomic E-state index is 0.104. The molecule has 19 heavy (non-hydrogen) atoms. The molecule has 1 fully saturated rings. The molecule has 1 unspecified atom stereocenters. The SMILES string of the molecule is Cc1ccc(C(=O)N2CCSCC2C(=O)O)c(O)c1. The van der Waals surface area contributed by atoms with Crippen LogP contribution >= 0.6 is 11.8 Å². The van der Waals surface area contributed by atoms with Gasteiger partial charge in [-0.15, -0.1) is 0 Å². The number of amides is 1. The van der Waals surface area contributed by atoms with E-state index in [0.717, 1.165) is 5.56 Å². The van der Waals surface area contributed by atoms with E-state index in [1.165, 1.54) is 28.8 Å². The van der Waals surface area contributed by atoms with Gasteiger partial charge in [0.25, 0.3) is 5.91 Å². The molecule has 2 rings (SSSR count). The Morgan fingerprint density at radius 3 is 2.79 bits per heavy atom. The van der Waals surface area contributed by atoms with Crippen molar-refractivity contribution in [3.05, 3.63) is 29.3 Å². The number of carbonyl (C=O) groups excluding carboxylic acids is 1. The maximum absolute atomic E-state index is 12.3. The molecule has 0 radical (unpaired) electrons. The Morgan fingerprint density at radius 1 is 1.42 bits per heavy atom. The van der Waals surface area contributed by atoms with Crippen molar-refractivity contribution in [2.75, 3.05) is 18.1 Å². The number of hydrogen-bond donors (Lipinski definition) is 2. The first kappa shape index (κ1) is 13.7. The van der Waals surface area contributed by atoms with Crippen molar-refractivity contribution in [1.29, 1.82) is 0 Å². The summed E-state index contributed by atoms with van der Waals surface area (Å²) in [5.74, 6) is -0.444. The van der Waals surface area contributed by atoms with Crippen LogP contribution in [0.4, 0.5) is 0 Å². The van der Waals surface area contributed by atoms with Gasteiger partial charge in [-0.05, 0) is 24.6 Å². The summed E-state index contributed by atoms with van der Waals surface area (Å²) in [6, 6.07) is 3.93. The molecule has 102 valence electrons. The van der Waals surface area contributed by atoms with Gasteiger partial charge in [0.05, 0.1) is 5.56 Å². The number of phenols is 1. The Morgan fingerprint density at radius 2 is 2.16 bits per heavy atom. The van der Waals surface area contributed by atoms with Gasteiger partial charge in [-0.1, -0.05) is 6.07 Å². The first-order valence-electron chi connectivity index (χ1n) is 5.92. The second-order valence-electron chi connectivity index (χ2n) is 4.45. The van der Waals surface area contributed by atoms with Gasteiger partial charge in [0.15, 0.2) is 0 Å². The summed E-state index contributed by atoms with van der Waals surface area (Å²) in [5.41, 5.74) is 1.00. The molecule has 2 N–H and O–H groups in total. The summed E-state index contributed by atoms with van der Waals surface area (Å²) in [6.07, 6.45) is 0. The summed E-state index contributed by atoms with van der Waals surface area (Å²) in [7, 11) is 0. The molecule has 0 bridgehead atoms. The van der Waals surface area contributed by atoms with Crippen molar-refractivity contribution in [3.63, 3.8) is 0 Å². The van der Waals surface area contributed by atoms with E-state index in [0.29, 0.717) is 18.1 Å². The van der Waals surface area contributed by atoms with E-state index in [4.69, 9.17) is 5.11 Å². The smallest absolute Gasteiger partial charge is 0.327 e. The standard InChI is InChI=1S/C13H15NO4S/c1-8-2-3-9(11(15)6-8)12(16)14-4-5-19-7-10(14)13(17)18/h2-3,6,10,15H,4-5,7H2,1H3,(H,17,18). The fourth-order valence-corrected chi connectivity index (χ4v) is 3.07. The van der Waals surface area contributed by atoms with Gasteiger partial charge >= 0.3 is 5.97 Å². The van der Waals surface area contributed by atoms with Crippen LogP contribution in [0.3, 0.4) is 0 Å². The van der Waals surface area contributed by atoms with Crippen LogP contribution in [-0.2, 0) is 4.79 Å². The number of hydrogen-bond acceptors (Lipinski definition) is 4. The molecule has 0 spiro atoms. The van der Waals surface area contributed by atoms with Crippen LogP contribution in [0.5, 0.6) is 5.75 Å². The van der Waals surface area contributed by atoms with Crippen LogP contribution in [0, 0.1) is 6.92 Å². The first-order valence-corrected chi connectivity index (χ1v) is 7.07. The lowest BCUT2D eigenvalue weighted by molar-refractivity contribution is -0.141. The zero-order valence-corrected chi connectivity index (χ0v) is 11.3. The number of aliphatic carboxylic acids is 1. The topological polar surface area (TPSA) is 77.8 Å². The summed E-state index contributed by atoms with van der Waals surface area (Å²) >= 11 is 1.52. The average Bonchev–Trinajstić information content (AvgIpc) is 2.38. The average molecular weight is 281 g/mol. The lowest BCUT2D eigenvalue weighted by Gasteiger charge is -2.32. The Bertz CT molecular complexity index is 517. The van der Waals surface area contributed by atoms with Gasteiger partial charge < -0.3 is 15.1 Å². The number of phenolic OH excluding ortho intramolecular Hbond substituents is 1. The van der Waals surface area contributed by atoms with E-state index in [-0.39, 0.29) is 11.3 Å². The van der Waals surface area contributed by atoms with Crippen molar-refractivity contribution >= 4 is 23.6 Å². The zero-order chi connectivity index (χ0) is 14.0. The van der Waals surface area contributed by atoms with Crippen LogP contribution in [0.25, 0.3) is 0 Å². The molecule has 0 aromatic heterocycles. The summed E-state index contributed by atoms with van der Waals surface area (Å²) < 4.78 is 0.